The van der Waals surface area contributed by atoms with E-state index in [0.717, 1.165) is 35.4 Å². The molecule has 5 atom stereocenters. The largest absolute Gasteiger partial charge is 0.416 e. The zero-order chi connectivity index (χ0) is 37.2. The van der Waals surface area contributed by atoms with E-state index in [0.29, 0.717) is 36.1 Å². The number of rotatable bonds is 7. The summed E-state index contributed by atoms with van der Waals surface area (Å²) in [4.78, 5) is 2.52. The third-order valence-corrected chi connectivity index (χ3v) is 12.4. The number of hydrogen-bond acceptors (Lipinski definition) is 1. The molecule has 7 rings (SSSR count). The van der Waals surface area contributed by atoms with Gasteiger partial charge in [-0.1, -0.05) is 107 Å². The number of alkyl halides is 6. The molecule has 3 aromatic carbocycles. The zero-order valence-corrected chi connectivity index (χ0v) is 30.2. The highest BCUT2D eigenvalue weighted by Crippen LogP contribution is 2.54. The van der Waals surface area contributed by atoms with Crippen LogP contribution in [0.3, 0.4) is 0 Å². The minimum Gasteiger partial charge on any atom is -0.365 e. The molecule has 8 heteroatoms. The molecule has 0 bridgehead atoms. The summed E-state index contributed by atoms with van der Waals surface area (Å²) >= 11 is 0. The number of anilines is 1. The second-order valence-electron chi connectivity index (χ2n) is 15.6. The van der Waals surface area contributed by atoms with Gasteiger partial charge in [0.1, 0.15) is 0 Å². The normalized spacial score (nSPS) is 27.0. The highest BCUT2D eigenvalue weighted by atomic mass is 19.4. The van der Waals surface area contributed by atoms with E-state index in [-0.39, 0.29) is 17.0 Å². The van der Waals surface area contributed by atoms with Gasteiger partial charge in [0.25, 0.3) is 0 Å². The van der Waals surface area contributed by atoms with E-state index in [1.807, 2.05) is 42.5 Å². The SMILES string of the molecule is CC1C=CC=CC1CCN1c2ccccc2C(C)(C)C1(C)C/C=C/C1=[N+](C2C=C(C(F)(F)F)C=C(C(F)(F)F)C2C)c2c(ccc3ccccc23)C1. The standard InChI is InChI=1S/C44H45F6N2/c1-28-13-6-7-14-30(28)22-24-51-38-19-11-10-18-36(38)41(3,4)42(51,5)23-12-16-34-25-32-21-20-31-15-8-9-17-35(31)40(32)52(34)39-27-33(43(45,46)47)26-37(29(39)2)44(48,49)50/h6-21,26-30,39H,22-25H2,1-5H3/q+1/b16-12+. The van der Waals surface area contributed by atoms with E-state index in [9.17, 15) is 26.3 Å². The van der Waals surface area contributed by atoms with Crippen LogP contribution in [0, 0.1) is 17.8 Å². The predicted octanol–water partition coefficient (Wildman–Crippen LogP) is 11.7. The molecular formula is C44H45F6N2+. The molecule has 5 unspecified atom stereocenters. The van der Waals surface area contributed by atoms with Crippen LogP contribution in [0.4, 0.5) is 37.7 Å². The van der Waals surface area contributed by atoms with Gasteiger partial charge in [0.15, 0.2) is 11.8 Å². The molecule has 0 fully saturated rings. The van der Waals surface area contributed by atoms with E-state index in [1.165, 1.54) is 18.2 Å². The highest BCUT2D eigenvalue weighted by molar-refractivity contribution is 6.02. The van der Waals surface area contributed by atoms with Crippen molar-refractivity contribution in [3.05, 3.63) is 132 Å². The third kappa shape index (κ3) is 6.06. The Hall–Kier alpha value is -4.33. The lowest BCUT2D eigenvalue weighted by Crippen LogP contribution is -2.53. The van der Waals surface area contributed by atoms with Gasteiger partial charge in [-0.05, 0) is 66.8 Å². The van der Waals surface area contributed by atoms with E-state index < -0.39 is 35.5 Å². The average Bonchev–Trinajstić information content (AvgIpc) is 3.53. The maximum Gasteiger partial charge on any atom is 0.416 e. The Bertz CT molecular complexity index is 2070. The van der Waals surface area contributed by atoms with E-state index >= 15 is 0 Å². The second-order valence-corrected chi connectivity index (χ2v) is 15.6. The van der Waals surface area contributed by atoms with Crippen molar-refractivity contribution in [3.63, 3.8) is 0 Å². The summed E-state index contributed by atoms with van der Waals surface area (Å²) in [7, 11) is 0. The molecule has 0 radical (unpaired) electrons. The van der Waals surface area contributed by atoms with Crippen molar-refractivity contribution in [1.29, 1.82) is 0 Å². The van der Waals surface area contributed by atoms with E-state index in [4.69, 9.17) is 0 Å². The number of allylic oxidation sites excluding steroid dienone is 7. The molecule has 3 aromatic rings. The molecule has 2 aliphatic heterocycles. The van der Waals surface area contributed by atoms with Gasteiger partial charge in [-0.25, -0.2) is 0 Å². The topological polar surface area (TPSA) is 6.25 Å². The third-order valence-electron chi connectivity index (χ3n) is 12.4. The fraction of sp³-hybridized carbons (Fsp3) is 0.386. The van der Waals surface area contributed by atoms with Crippen LogP contribution in [-0.2, 0) is 11.8 Å². The minimum atomic E-state index is -4.94. The van der Waals surface area contributed by atoms with Gasteiger partial charge >= 0.3 is 12.4 Å². The molecule has 0 aromatic heterocycles. The van der Waals surface area contributed by atoms with Crippen molar-refractivity contribution < 1.29 is 30.9 Å². The Morgan fingerprint density at radius 1 is 0.865 bits per heavy atom. The first-order chi connectivity index (χ1) is 24.5. The van der Waals surface area contributed by atoms with Gasteiger partial charge < -0.3 is 4.90 Å². The van der Waals surface area contributed by atoms with Crippen LogP contribution in [0.2, 0.25) is 0 Å². The molecule has 2 aliphatic carbocycles. The Labute approximate surface area is 302 Å². The van der Waals surface area contributed by atoms with Crippen LogP contribution in [0.1, 0.15) is 58.6 Å². The van der Waals surface area contributed by atoms with Gasteiger partial charge in [-0.2, -0.15) is 30.9 Å². The summed E-state index contributed by atoms with van der Waals surface area (Å²) in [5, 5.41) is 1.67. The Balaban J connectivity index is 1.31. The summed E-state index contributed by atoms with van der Waals surface area (Å²) in [6.45, 7) is 11.3. The Morgan fingerprint density at radius 3 is 2.31 bits per heavy atom. The monoisotopic (exact) mass is 715 g/mol. The molecular weight excluding hydrogens is 670 g/mol. The van der Waals surface area contributed by atoms with Crippen molar-refractivity contribution in [1.82, 2.24) is 0 Å². The molecule has 52 heavy (non-hydrogen) atoms. The van der Waals surface area contributed by atoms with Crippen LogP contribution in [-0.4, -0.2) is 40.8 Å². The van der Waals surface area contributed by atoms with Gasteiger partial charge in [0.05, 0.1) is 28.8 Å². The van der Waals surface area contributed by atoms with Crippen LogP contribution >= 0.6 is 0 Å². The first-order valence-corrected chi connectivity index (χ1v) is 18.1. The predicted molar refractivity (Wildman–Crippen MR) is 198 cm³/mol. The van der Waals surface area contributed by atoms with Crippen molar-refractivity contribution in [3.8, 4) is 0 Å². The molecule has 4 aliphatic rings. The van der Waals surface area contributed by atoms with E-state index in [2.05, 4.69) is 87.2 Å². The maximum atomic E-state index is 14.4. The number of hydrogen-bond donors (Lipinski definition) is 0. The Morgan fingerprint density at radius 2 is 1.58 bits per heavy atom. The fourth-order valence-electron chi connectivity index (χ4n) is 8.99. The van der Waals surface area contributed by atoms with Crippen LogP contribution in [0.15, 0.2) is 120 Å². The lowest BCUT2D eigenvalue weighted by Gasteiger charge is -2.45. The quantitative estimate of drug-likeness (QED) is 0.174. The van der Waals surface area contributed by atoms with Crippen LogP contribution < -0.4 is 4.90 Å². The van der Waals surface area contributed by atoms with Crippen LogP contribution in [0.5, 0.6) is 0 Å². The van der Waals surface area contributed by atoms with Gasteiger partial charge in [0.2, 0.25) is 5.69 Å². The molecule has 2 nitrogen and oxygen atoms in total. The van der Waals surface area contributed by atoms with E-state index in [1.54, 1.807) is 4.58 Å². The first kappa shape index (κ1) is 36.0. The summed E-state index contributed by atoms with van der Waals surface area (Å²) in [6.07, 6.45) is 6.20. The number of nitrogens with zero attached hydrogens (tertiary/aromatic N) is 2. The molecule has 0 N–H and O–H groups in total. The Kier molecular flexibility index (Phi) is 8.98. The number of para-hydroxylation sites is 1. The summed E-state index contributed by atoms with van der Waals surface area (Å²) < 4.78 is 87.7. The zero-order valence-electron chi connectivity index (χ0n) is 30.2. The first-order valence-electron chi connectivity index (χ1n) is 18.1. The second kappa shape index (κ2) is 13.0. The molecule has 0 amide bonds. The number of fused-ring (bicyclic) bond motifs is 4. The minimum absolute atomic E-state index is 0.254. The number of halogens is 6. The molecule has 2 heterocycles. The summed E-state index contributed by atoms with van der Waals surface area (Å²) in [6, 6.07) is 18.8. The maximum absolute atomic E-state index is 14.4. The molecule has 272 valence electrons. The average molecular weight is 716 g/mol. The highest BCUT2D eigenvalue weighted by Gasteiger charge is 2.53. The molecule has 0 saturated carbocycles. The number of benzene rings is 3. The smallest absolute Gasteiger partial charge is 0.365 e. The molecule has 0 spiro atoms. The lowest BCUT2D eigenvalue weighted by molar-refractivity contribution is -0.475. The lowest BCUT2D eigenvalue weighted by atomic mass is 9.69. The van der Waals surface area contributed by atoms with Crippen molar-refractivity contribution in [2.45, 2.75) is 83.2 Å². The summed E-state index contributed by atoms with van der Waals surface area (Å²) in [5.74, 6) is -0.396. The van der Waals surface area contributed by atoms with Gasteiger partial charge in [0, 0.05) is 34.9 Å². The van der Waals surface area contributed by atoms with Crippen LogP contribution in [0.25, 0.3) is 10.8 Å². The van der Waals surface area contributed by atoms with Crippen molar-refractivity contribution >= 4 is 27.9 Å². The van der Waals surface area contributed by atoms with Crippen molar-refractivity contribution in [2.75, 3.05) is 11.4 Å². The van der Waals surface area contributed by atoms with Gasteiger partial charge in [-0.3, -0.25) is 0 Å². The summed E-state index contributed by atoms with van der Waals surface area (Å²) in [5.41, 5.74) is 1.63. The molecule has 0 saturated heterocycles. The fourth-order valence-corrected chi connectivity index (χ4v) is 8.99. The van der Waals surface area contributed by atoms with Crippen molar-refractivity contribution in [2.24, 2.45) is 17.8 Å². The van der Waals surface area contributed by atoms with Gasteiger partial charge in [-0.15, -0.1) is 0 Å².